The molecule has 1 aromatic heterocycles. The maximum atomic E-state index is 4.24. The average molecular weight is 210 g/mol. The quantitative estimate of drug-likeness (QED) is 0.704. The van der Waals surface area contributed by atoms with Crippen LogP contribution < -0.4 is 5.32 Å². The van der Waals surface area contributed by atoms with E-state index in [1.54, 1.807) is 0 Å². The van der Waals surface area contributed by atoms with Gasteiger partial charge in [-0.25, -0.2) is 0 Å². The molecule has 0 radical (unpaired) electrons. The molecule has 0 saturated carbocycles. The Balaban J connectivity index is 2.37. The van der Waals surface area contributed by atoms with Crippen LogP contribution in [0.25, 0.3) is 0 Å². The zero-order valence-corrected chi connectivity index (χ0v) is 10.2. The minimum absolute atomic E-state index is 0.977. The van der Waals surface area contributed by atoms with Crippen LogP contribution in [0.15, 0.2) is 6.20 Å². The van der Waals surface area contributed by atoms with Gasteiger partial charge < -0.3 is 10.2 Å². The summed E-state index contributed by atoms with van der Waals surface area (Å²) in [5, 5.41) is 7.56. The van der Waals surface area contributed by atoms with Crippen LogP contribution in [0.4, 0.5) is 0 Å². The van der Waals surface area contributed by atoms with Gasteiger partial charge in [-0.05, 0) is 20.5 Å². The summed E-state index contributed by atoms with van der Waals surface area (Å²) in [7, 11) is 4.13. The lowest BCUT2D eigenvalue weighted by molar-refractivity contribution is 0.325. The highest BCUT2D eigenvalue weighted by Crippen LogP contribution is 2.07. The number of nitrogens with zero attached hydrogens (tertiary/aromatic N) is 3. The van der Waals surface area contributed by atoms with Crippen LogP contribution in [0, 0.1) is 6.92 Å². The lowest BCUT2D eigenvalue weighted by atomic mass is 10.2. The molecule has 0 amide bonds. The Kier molecular flexibility index (Phi) is 4.78. The van der Waals surface area contributed by atoms with Crippen molar-refractivity contribution in [3.8, 4) is 0 Å². The highest BCUT2D eigenvalue weighted by Gasteiger charge is 2.06. The van der Waals surface area contributed by atoms with E-state index < -0.39 is 0 Å². The van der Waals surface area contributed by atoms with Crippen molar-refractivity contribution in [3.63, 3.8) is 0 Å². The summed E-state index contributed by atoms with van der Waals surface area (Å²) in [5.74, 6) is 0. The second-order valence-electron chi connectivity index (χ2n) is 3.97. The van der Waals surface area contributed by atoms with Gasteiger partial charge >= 0.3 is 0 Å². The summed E-state index contributed by atoms with van der Waals surface area (Å²) in [4.78, 5) is 2.31. The number of nitrogens with one attached hydrogen (secondary N) is 1. The first-order valence-electron chi connectivity index (χ1n) is 5.52. The van der Waals surface area contributed by atoms with Crippen molar-refractivity contribution in [1.82, 2.24) is 20.0 Å². The summed E-state index contributed by atoms with van der Waals surface area (Å²) in [6, 6.07) is 0. The maximum Gasteiger partial charge on any atom is 0.0537 e. The average Bonchev–Trinajstić information content (AvgIpc) is 2.50. The van der Waals surface area contributed by atoms with E-state index in [4.69, 9.17) is 0 Å². The van der Waals surface area contributed by atoms with Crippen LogP contribution in [0.5, 0.6) is 0 Å². The van der Waals surface area contributed by atoms with Crippen molar-refractivity contribution in [1.29, 1.82) is 0 Å². The van der Waals surface area contributed by atoms with Crippen LogP contribution >= 0.6 is 0 Å². The van der Waals surface area contributed by atoms with Crippen molar-refractivity contribution in [2.45, 2.75) is 20.4 Å². The number of aryl methyl sites for hydroxylation is 1. The summed E-state index contributed by atoms with van der Waals surface area (Å²) < 4.78 is 1.92. The van der Waals surface area contributed by atoms with Crippen LogP contribution in [0.1, 0.15) is 18.2 Å². The van der Waals surface area contributed by atoms with Crippen molar-refractivity contribution in [2.24, 2.45) is 7.05 Å². The standard InChI is InChI=1S/C11H22N4/c1-5-12-6-7-14(3)9-11-8-13-15(4)10(11)2/h8,12H,5-7,9H2,1-4H3. The lowest BCUT2D eigenvalue weighted by Gasteiger charge is -2.16. The predicted molar refractivity (Wildman–Crippen MR) is 62.8 cm³/mol. The third-order valence-corrected chi connectivity index (χ3v) is 2.70. The Morgan fingerprint density at radius 2 is 2.27 bits per heavy atom. The second-order valence-corrected chi connectivity index (χ2v) is 3.97. The summed E-state index contributed by atoms with van der Waals surface area (Å²) >= 11 is 0. The molecule has 0 atom stereocenters. The number of rotatable bonds is 6. The smallest absolute Gasteiger partial charge is 0.0537 e. The fourth-order valence-corrected chi connectivity index (χ4v) is 1.52. The first-order chi connectivity index (χ1) is 7.15. The molecular weight excluding hydrogens is 188 g/mol. The van der Waals surface area contributed by atoms with Gasteiger partial charge in [-0.1, -0.05) is 6.92 Å². The Morgan fingerprint density at radius 3 is 2.80 bits per heavy atom. The molecule has 4 nitrogen and oxygen atoms in total. The molecule has 0 aliphatic heterocycles. The minimum Gasteiger partial charge on any atom is -0.316 e. The number of hydrogen-bond donors (Lipinski definition) is 1. The van der Waals surface area contributed by atoms with Crippen molar-refractivity contribution in [2.75, 3.05) is 26.7 Å². The lowest BCUT2D eigenvalue weighted by Crippen LogP contribution is -2.28. The van der Waals surface area contributed by atoms with Gasteiger partial charge in [0.1, 0.15) is 0 Å². The third-order valence-electron chi connectivity index (χ3n) is 2.70. The summed E-state index contributed by atoms with van der Waals surface area (Å²) in [6.07, 6.45) is 1.96. The molecule has 15 heavy (non-hydrogen) atoms. The molecule has 0 fully saturated rings. The maximum absolute atomic E-state index is 4.24. The fourth-order valence-electron chi connectivity index (χ4n) is 1.52. The molecule has 0 aromatic carbocycles. The van der Waals surface area contributed by atoms with E-state index in [0.29, 0.717) is 0 Å². The van der Waals surface area contributed by atoms with E-state index in [1.807, 2.05) is 17.9 Å². The van der Waals surface area contributed by atoms with E-state index in [9.17, 15) is 0 Å². The topological polar surface area (TPSA) is 33.1 Å². The second kappa shape index (κ2) is 5.88. The molecule has 1 aromatic rings. The van der Waals surface area contributed by atoms with Crippen molar-refractivity contribution >= 4 is 0 Å². The normalized spacial score (nSPS) is 11.3. The molecule has 1 N–H and O–H groups in total. The Labute approximate surface area is 92.3 Å². The number of likely N-dealkylation sites (N-methyl/N-ethyl adjacent to an activating group) is 2. The molecule has 0 unspecified atom stereocenters. The zero-order chi connectivity index (χ0) is 11.3. The largest absolute Gasteiger partial charge is 0.316 e. The van der Waals surface area contributed by atoms with Gasteiger partial charge in [0, 0.05) is 37.9 Å². The van der Waals surface area contributed by atoms with Gasteiger partial charge in [0.05, 0.1) is 6.20 Å². The molecular formula is C11H22N4. The number of aromatic nitrogens is 2. The highest BCUT2D eigenvalue weighted by atomic mass is 15.3. The van der Waals surface area contributed by atoms with E-state index in [2.05, 4.69) is 36.2 Å². The first-order valence-corrected chi connectivity index (χ1v) is 5.52. The molecule has 0 bridgehead atoms. The van der Waals surface area contributed by atoms with Crippen molar-refractivity contribution < 1.29 is 0 Å². The van der Waals surface area contributed by atoms with E-state index in [1.165, 1.54) is 11.3 Å². The summed E-state index contributed by atoms with van der Waals surface area (Å²) in [6.45, 7) is 8.38. The van der Waals surface area contributed by atoms with Crippen LogP contribution in [-0.4, -0.2) is 41.4 Å². The highest BCUT2D eigenvalue weighted by molar-refractivity contribution is 5.15. The van der Waals surface area contributed by atoms with E-state index >= 15 is 0 Å². The minimum atomic E-state index is 0.977. The molecule has 4 heteroatoms. The molecule has 0 spiro atoms. The molecule has 0 saturated heterocycles. The Hall–Kier alpha value is -0.870. The SMILES string of the molecule is CCNCCN(C)Cc1cnn(C)c1C. The molecule has 86 valence electrons. The summed E-state index contributed by atoms with van der Waals surface area (Å²) in [5.41, 5.74) is 2.57. The van der Waals surface area contributed by atoms with Gasteiger partial charge in [0.15, 0.2) is 0 Å². The van der Waals surface area contributed by atoms with Crippen LogP contribution in [-0.2, 0) is 13.6 Å². The zero-order valence-electron chi connectivity index (χ0n) is 10.2. The molecule has 1 rings (SSSR count). The fraction of sp³-hybridized carbons (Fsp3) is 0.727. The van der Waals surface area contributed by atoms with Gasteiger partial charge in [0.25, 0.3) is 0 Å². The van der Waals surface area contributed by atoms with E-state index in [-0.39, 0.29) is 0 Å². The van der Waals surface area contributed by atoms with E-state index in [0.717, 1.165) is 26.2 Å². The molecule has 1 heterocycles. The van der Waals surface area contributed by atoms with Gasteiger partial charge in [-0.3, -0.25) is 4.68 Å². The Bertz CT molecular complexity index is 293. The van der Waals surface area contributed by atoms with Crippen LogP contribution in [0.3, 0.4) is 0 Å². The first kappa shape index (κ1) is 12.2. The van der Waals surface area contributed by atoms with Gasteiger partial charge in [-0.15, -0.1) is 0 Å². The van der Waals surface area contributed by atoms with Crippen LogP contribution in [0.2, 0.25) is 0 Å². The monoisotopic (exact) mass is 210 g/mol. The predicted octanol–water partition coefficient (Wildman–Crippen LogP) is 0.770. The van der Waals surface area contributed by atoms with Crippen molar-refractivity contribution in [3.05, 3.63) is 17.5 Å². The number of hydrogen-bond acceptors (Lipinski definition) is 3. The molecule has 0 aliphatic carbocycles. The Morgan fingerprint density at radius 1 is 1.53 bits per heavy atom. The van der Waals surface area contributed by atoms with Gasteiger partial charge in [0.2, 0.25) is 0 Å². The molecule has 0 aliphatic rings. The third kappa shape index (κ3) is 3.64. The van der Waals surface area contributed by atoms with Gasteiger partial charge in [-0.2, -0.15) is 5.10 Å².